The van der Waals surface area contributed by atoms with Crippen LogP contribution in [0.2, 0.25) is 5.02 Å². The van der Waals surface area contributed by atoms with E-state index in [9.17, 15) is 14.7 Å². The molecule has 0 aliphatic carbocycles. The molecule has 0 bridgehead atoms. The summed E-state index contributed by atoms with van der Waals surface area (Å²) in [7, 11) is 0. The topological polar surface area (TPSA) is 86.6 Å². The van der Waals surface area contributed by atoms with Crippen LogP contribution in [-0.4, -0.2) is 22.1 Å². The number of aromatic carboxylic acids is 1. The minimum atomic E-state index is -1.03. The lowest BCUT2D eigenvalue weighted by molar-refractivity contribution is 0.0696. The molecule has 2 aromatic rings. The average molecular weight is 306 g/mol. The summed E-state index contributed by atoms with van der Waals surface area (Å²) in [5.41, 5.74) is 1.17. The average Bonchev–Trinajstić information content (AvgIpc) is 2.41. The fraction of sp³-hybridized carbons (Fsp3) is 0.0667. The number of hydrogen-bond acceptors (Lipinski definition) is 3. The highest BCUT2D eigenvalue weighted by Gasteiger charge is 2.13. The van der Waals surface area contributed by atoms with Gasteiger partial charge in [-0.05, 0) is 48.9 Å². The van der Waals surface area contributed by atoms with Gasteiger partial charge in [0.2, 0.25) is 0 Å². The molecule has 0 unspecified atom stereocenters. The maximum atomic E-state index is 12.1. The van der Waals surface area contributed by atoms with Crippen LogP contribution in [0.25, 0.3) is 0 Å². The number of rotatable bonds is 3. The van der Waals surface area contributed by atoms with E-state index < -0.39 is 11.9 Å². The molecule has 21 heavy (non-hydrogen) atoms. The molecule has 2 aromatic carbocycles. The van der Waals surface area contributed by atoms with E-state index in [0.717, 1.165) is 0 Å². The second-order valence-corrected chi connectivity index (χ2v) is 4.89. The maximum Gasteiger partial charge on any atom is 0.335 e. The lowest BCUT2D eigenvalue weighted by Crippen LogP contribution is -2.12. The van der Waals surface area contributed by atoms with E-state index in [1.54, 1.807) is 13.0 Å². The van der Waals surface area contributed by atoms with Gasteiger partial charge in [-0.25, -0.2) is 4.79 Å². The van der Waals surface area contributed by atoms with Crippen LogP contribution in [-0.2, 0) is 0 Å². The maximum absolute atomic E-state index is 12.1. The monoisotopic (exact) mass is 305 g/mol. The first kappa shape index (κ1) is 14.9. The van der Waals surface area contributed by atoms with Crippen molar-refractivity contribution >= 4 is 29.2 Å². The van der Waals surface area contributed by atoms with Crippen LogP contribution >= 0.6 is 11.6 Å². The first-order chi connectivity index (χ1) is 9.88. The van der Waals surface area contributed by atoms with Crippen molar-refractivity contribution in [1.29, 1.82) is 0 Å². The molecule has 0 spiro atoms. The summed E-state index contributed by atoms with van der Waals surface area (Å²) < 4.78 is 0. The Hall–Kier alpha value is -2.53. The molecule has 0 aliphatic heterocycles. The van der Waals surface area contributed by atoms with Gasteiger partial charge in [0, 0.05) is 10.7 Å². The lowest BCUT2D eigenvalue weighted by atomic mass is 10.1. The quantitative estimate of drug-likeness (QED) is 0.812. The van der Waals surface area contributed by atoms with Crippen molar-refractivity contribution in [2.24, 2.45) is 0 Å². The number of benzene rings is 2. The summed E-state index contributed by atoms with van der Waals surface area (Å²) >= 11 is 5.79. The van der Waals surface area contributed by atoms with Crippen LogP contribution in [0.1, 0.15) is 26.3 Å². The highest BCUT2D eigenvalue weighted by atomic mass is 35.5. The van der Waals surface area contributed by atoms with Crippen molar-refractivity contribution in [2.75, 3.05) is 5.32 Å². The molecule has 0 saturated heterocycles. The summed E-state index contributed by atoms with van der Waals surface area (Å²) in [5, 5.41) is 21.5. The Morgan fingerprint density at radius 1 is 1.10 bits per heavy atom. The number of aryl methyl sites for hydroxylation is 1. The highest BCUT2D eigenvalue weighted by Crippen LogP contribution is 2.23. The zero-order valence-electron chi connectivity index (χ0n) is 11.1. The minimum absolute atomic E-state index is 0.0439. The smallest absolute Gasteiger partial charge is 0.335 e. The molecule has 2 rings (SSSR count). The summed E-state index contributed by atoms with van der Waals surface area (Å²) in [5.74, 6) is -1.74. The van der Waals surface area contributed by atoms with Crippen molar-refractivity contribution in [2.45, 2.75) is 6.92 Å². The van der Waals surface area contributed by atoms with Crippen molar-refractivity contribution in [3.05, 3.63) is 58.1 Å². The molecule has 0 atom stereocenters. The van der Waals surface area contributed by atoms with Crippen LogP contribution in [0.4, 0.5) is 5.69 Å². The number of aromatic hydroxyl groups is 1. The van der Waals surface area contributed by atoms with Crippen molar-refractivity contribution in [3.63, 3.8) is 0 Å². The van der Waals surface area contributed by atoms with Gasteiger partial charge in [0.25, 0.3) is 5.91 Å². The number of nitrogens with one attached hydrogen (secondary N) is 1. The summed E-state index contributed by atoms with van der Waals surface area (Å²) in [6.45, 7) is 1.63. The number of carbonyl (C=O) groups excluding carboxylic acids is 1. The molecule has 0 aliphatic rings. The minimum Gasteiger partial charge on any atom is -0.507 e. The third kappa shape index (κ3) is 3.32. The molecule has 108 valence electrons. The van der Waals surface area contributed by atoms with E-state index in [4.69, 9.17) is 16.7 Å². The zero-order valence-corrected chi connectivity index (χ0v) is 11.8. The Morgan fingerprint density at radius 2 is 1.81 bits per heavy atom. The largest absolute Gasteiger partial charge is 0.507 e. The number of hydrogen-bond donors (Lipinski definition) is 3. The van der Waals surface area contributed by atoms with Gasteiger partial charge in [-0.1, -0.05) is 11.6 Å². The third-order valence-corrected chi connectivity index (χ3v) is 3.15. The van der Waals surface area contributed by atoms with Crippen LogP contribution < -0.4 is 5.32 Å². The molecule has 0 saturated carbocycles. The number of amides is 1. The van der Waals surface area contributed by atoms with Gasteiger partial charge in [0.1, 0.15) is 5.75 Å². The van der Waals surface area contributed by atoms with Crippen LogP contribution in [0.5, 0.6) is 5.75 Å². The standard InChI is InChI=1S/C15H12ClNO4/c1-8-6-10(3-4-11(8)15(20)21)17-14(19)12-7-9(16)2-5-13(12)18/h2-7,18H,1H3,(H,17,19)(H,20,21). The first-order valence-corrected chi connectivity index (χ1v) is 6.40. The van der Waals surface area contributed by atoms with E-state index in [2.05, 4.69) is 5.32 Å². The Balaban J connectivity index is 2.26. The number of phenols is 1. The first-order valence-electron chi connectivity index (χ1n) is 6.02. The van der Waals surface area contributed by atoms with Crippen LogP contribution in [0.3, 0.4) is 0 Å². The summed E-state index contributed by atoms with van der Waals surface area (Å²) in [6, 6.07) is 8.59. The van der Waals surface area contributed by atoms with Crippen molar-refractivity contribution in [1.82, 2.24) is 0 Å². The number of anilines is 1. The van der Waals surface area contributed by atoms with E-state index in [1.165, 1.54) is 30.3 Å². The molecule has 0 aromatic heterocycles. The van der Waals surface area contributed by atoms with Gasteiger partial charge >= 0.3 is 5.97 Å². The highest BCUT2D eigenvalue weighted by molar-refractivity contribution is 6.31. The molecule has 6 heteroatoms. The molecule has 0 heterocycles. The predicted octanol–water partition coefficient (Wildman–Crippen LogP) is 3.30. The van der Waals surface area contributed by atoms with Gasteiger partial charge in [-0.3, -0.25) is 4.79 Å². The second kappa shape index (κ2) is 5.85. The summed E-state index contributed by atoms with van der Waals surface area (Å²) in [4.78, 5) is 23.0. The van der Waals surface area contributed by atoms with Crippen LogP contribution in [0.15, 0.2) is 36.4 Å². The molecule has 3 N–H and O–H groups in total. The Morgan fingerprint density at radius 3 is 2.43 bits per heavy atom. The van der Waals surface area contributed by atoms with E-state index in [-0.39, 0.29) is 16.9 Å². The molecule has 0 fully saturated rings. The van der Waals surface area contributed by atoms with E-state index >= 15 is 0 Å². The number of carboxylic acids is 1. The van der Waals surface area contributed by atoms with Gasteiger partial charge in [-0.15, -0.1) is 0 Å². The number of halogens is 1. The lowest BCUT2D eigenvalue weighted by Gasteiger charge is -2.09. The van der Waals surface area contributed by atoms with Crippen molar-refractivity contribution < 1.29 is 19.8 Å². The fourth-order valence-electron chi connectivity index (χ4n) is 1.87. The number of carbonyl (C=O) groups is 2. The third-order valence-electron chi connectivity index (χ3n) is 2.92. The zero-order chi connectivity index (χ0) is 15.6. The molecule has 5 nitrogen and oxygen atoms in total. The Labute approximate surface area is 125 Å². The Bertz CT molecular complexity index is 728. The van der Waals surface area contributed by atoms with Gasteiger partial charge in [0.05, 0.1) is 11.1 Å². The van der Waals surface area contributed by atoms with E-state index in [0.29, 0.717) is 16.3 Å². The predicted molar refractivity (Wildman–Crippen MR) is 79.2 cm³/mol. The number of carboxylic acid groups (broad SMARTS) is 1. The SMILES string of the molecule is Cc1cc(NC(=O)c2cc(Cl)ccc2O)ccc1C(=O)O. The van der Waals surface area contributed by atoms with Gasteiger partial charge in [0.15, 0.2) is 0 Å². The van der Waals surface area contributed by atoms with Crippen molar-refractivity contribution in [3.8, 4) is 5.75 Å². The molecule has 1 amide bonds. The normalized spacial score (nSPS) is 10.2. The van der Waals surface area contributed by atoms with E-state index in [1.807, 2.05) is 0 Å². The van der Waals surface area contributed by atoms with Gasteiger partial charge in [-0.2, -0.15) is 0 Å². The molecular weight excluding hydrogens is 294 g/mol. The fourth-order valence-corrected chi connectivity index (χ4v) is 2.04. The Kier molecular flexibility index (Phi) is 4.14. The summed E-state index contributed by atoms with van der Waals surface area (Å²) in [6.07, 6.45) is 0. The number of phenolic OH excluding ortho intramolecular Hbond substituents is 1. The van der Waals surface area contributed by atoms with Gasteiger partial charge < -0.3 is 15.5 Å². The second-order valence-electron chi connectivity index (χ2n) is 4.45. The van der Waals surface area contributed by atoms with Crippen LogP contribution in [0, 0.1) is 6.92 Å². The molecule has 0 radical (unpaired) electrons. The molecular formula is C15H12ClNO4.